The van der Waals surface area contributed by atoms with Crippen LogP contribution >= 0.6 is 11.6 Å². The second-order valence-corrected chi connectivity index (χ2v) is 4.94. The van der Waals surface area contributed by atoms with Crippen molar-refractivity contribution in [2.45, 2.75) is 13.0 Å². The molecule has 1 aliphatic rings. The van der Waals surface area contributed by atoms with Gasteiger partial charge in [0.1, 0.15) is 0 Å². The number of nitrogens with zero attached hydrogens (tertiary/aromatic N) is 1. The number of nitrogens with one attached hydrogen (secondary N) is 1. The van der Waals surface area contributed by atoms with Crippen LogP contribution in [0.25, 0.3) is 0 Å². The Kier molecular flexibility index (Phi) is 5.28. The molecule has 1 aromatic carbocycles. The van der Waals surface area contributed by atoms with Crippen molar-refractivity contribution in [3.05, 3.63) is 29.3 Å². The van der Waals surface area contributed by atoms with Crippen LogP contribution in [0.1, 0.15) is 6.92 Å². The molecule has 106 valence electrons. The van der Waals surface area contributed by atoms with Crippen molar-refractivity contribution in [1.82, 2.24) is 5.32 Å². The fraction of sp³-hybridized carbons (Fsp3) is 0.400. The summed E-state index contributed by atoms with van der Waals surface area (Å²) in [6.45, 7) is 4.32. The summed E-state index contributed by atoms with van der Waals surface area (Å²) in [5.41, 5.74) is 1.11. The van der Waals surface area contributed by atoms with Crippen LogP contribution in [0.3, 0.4) is 0 Å². The van der Waals surface area contributed by atoms with Gasteiger partial charge in [-0.1, -0.05) is 17.5 Å². The van der Waals surface area contributed by atoms with Crippen LogP contribution in [0, 0.1) is 11.8 Å². The Hall–Kier alpha value is -1.70. The van der Waals surface area contributed by atoms with Crippen molar-refractivity contribution < 1.29 is 9.53 Å². The van der Waals surface area contributed by atoms with Gasteiger partial charge in [0.15, 0.2) is 0 Å². The minimum Gasteiger partial charge on any atom is -0.373 e. The van der Waals surface area contributed by atoms with Crippen LogP contribution in [0.15, 0.2) is 24.3 Å². The van der Waals surface area contributed by atoms with E-state index in [0.717, 1.165) is 23.8 Å². The number of anilines is 1. The maximum atomic E-state index is 11.3. The van der Waals surface area contributed by atoms with Gasteiger partial charge in [-0.2, -0.15) is 0 Å². The van der Waals surface area contributed by atoms with Gasteiger partial charge in [0, 0.05) is 30.3 Å². The van der Waals surface area contributed by atoms with E-state index in [1.807, 2.05) is 24.3 Å². The van der Waals surface area contributed by atoms with E-state index in [2.05, 4.69) is 22.1 Å². The third-order valence-electron chi connectivity index (χ3n) is 3.06. The summed E-state index contributed by atoms with van der Waals surface area (Å²) in [6.07, 6.45) is -0.0259. The van der Waals surface area contributed by atoms with Crippen molar-refractivity contribution in [3.8, 4) is 11.8 Å². The highest BCUT2D eigenvalue weighted by atomic mass is 35.5. The van der Waals surface area contributed by atoms with Crippen LogP contribution in [0.2, 0.25) is 5.02 Å². The molecule has 0 spiro atoms. The number of rotatable bonds is 3. The Balaban J connectivity index is 1.89. The maximum absolute atomic E-state index is 11.3. The quantitative estimate of drug-likeness (QED) is 0.862. The smallest absolute Gasteiger partial charge is 0.295 e. The van der Waals surface area contributed by atoms with E-state index in [0.29, 0.717) is 13.2 Å². The highest BCUT2D eigenvalue weighted by molar-refractivity contribution is 6.30. The number of morpholine rings is 1. The monoisotopic (exact) mass is 292 g/mol. The molecule has 2 rings (SSSR count). The van der Waals surface area contributed by atoms with Gasteiger partial charge < -0.3 is 15.0 Å². The minimum absolute atomic E-state index is 0.0259. The molecule has 4 nitrogen and oxygen atoms in total. The van der Waals surface area contributed by atoms with E-state index < -0.39 is 0 Å². The van der Waals surface area contributed by atoms with Crippen molar-refractivity contribution in [3.63, 3.8) is 0 Å². The topological polar surface area (TPSA) is 41.6 Å². The molecule has 1 amide bonds. The molecule has 0 aliphatic carbocycles. The average molecular weight is 293 g/mol. The fourth-order valence-electron chi connectivity index (χ4n) is 2.09. The number of carbonyl (C=O) groups is 1. The zero-order chi connectivity index (χ0) is 14.4. The third kappa shape index (κ3) is 4.16. The van der Waals surface area contributed by atoms with Gasteiger partial charge in [-0.15, -0.1) is 0 Å². The van der Waals surface area contributed by atoms with Crippen molar-refractivity contribution in [2.24, 2.45) is 0 Å². The fourth-order valence-corrected chi connectivity index (χ4v) is 2.22. The normalized spacial score (nSPS) is 18.1. The molecule has 0 saturated carbocycles. The molecular formula is C15H17ClN2O2. The van der Waals surface area contributed by atoms with E-state index in [1.165, 1.54) is 0 Å². The number of ether oxygens (including phenoxy) is 1. The standard InChI is InChI=1S/C15H17ClN2O2/c1-2-3-15(19)17-10-14-11-18(8-9-20-14)13-6-4-12(16)5-7-13/h4-7,14H,8-11H2,1H3,(H,17,19). The summed E-state index contributed by atoms with van der Waals surface area (Å²) >= 11 is 5.89. The second-order valence-electron chi connectivity index (χ2n) is 4.50. The largest absolute Gasteiger partial charge is 0.373 e. The molecule has 1 fully saturated rings. The van der Waals surface area contributed by atoms with Crippen LogP contribution in [0.4, 0.5) is 5.69 Å². The Morgan fingerprint density at radius 3 is 2.95 bits per heavy atom. The number of halogens is 1. The molecular weight excluding hydrogens is 276 g/mol. The minimum atomic E-state index is -0.264. The van der Waals surface area contributed by atoms with Crippen molar-refractivity contribution in [2.75, 3.05) is 31.1 Å². The number of hydrogen-bond donors (Lipinski definition) is 1. The van der Waals surface area contributed by atoms with Crippen molar-refractivity contribution in [1.29, 1.82) is 0 Å². The van der Waals surface area contributed by atoms with Crippen molar-refractivity contribution >= 4 is 23.2 Å². The first kappa shape index (κ1) is 14.7. The predicted octanol–water partition coefficient (Wildman–Crippen LogP) is 1.68. The lowest BCUT2D eigenvalue weighted by Crippen LogP contribution is -2.47. The second kappa shape index (κ2) is 7.18. The van der Waals surface area contributed by atoms with E-state index in [1.54, 1.807) is 6.92 Å². The van der Waals surface area contributed by atoms with E-state index in [4.69, 9.17) is 16.3 Å². The number of hydrogen-bond acceptors (Lipinski definition) is 3. The van der Waals surface area contributed by atoms with Crippen LogP contribution < -0.4 is 10.2 Å². The van der Waals surface area contributed by atoms with Gasteiger partial charge in [0.25, 0.3) is 5.91 Å². The summed E-state index contributed by atoms with van der Waals surface area (Å²) in [5.74, 6) is 4.76. The van der Waals surface area contributed by atoms with Gasteiger partial charge in [0.05, 0.1) is 12.7 Å². The Morgan fingerprint density at radius 2 is 2.25 bits per heavy atom. The average Bonchev–Trinajstić information content (AvgIpc) is 2.47. The third-order valence-corrected chi connectivity index (χ3v) is 3.31. The molecule has 1 aliphatic heterocycles. The van der Waals surface area contributed by atoms with Gasteiger partial charge in [0.2, 0.25) is 0 Å². The highest BCUT2D eigenvalue weighted by Crippen LogP contribution is 2.20. The lowest BCUT2D eigenvalue weighted by molar-refractivity contribution is -0.116. The predicted molar refractivity (Wildman–Crippen MR) is 79.9 cm³/mol. The molecule has 1 heterocycles. The summed E-state index contributed by atoms with van der Waals surface area (Å²) in [6, 6.07) is 7.73. The van der Waals surface area contributed by atoms with Crippen LogP contribution in [-0.4, -0.2) is 38.3 Å². The van der Waals surface area contributed by atoms with Gasteiger partial charge in [-0.05, 0) is 37.1 Å². The number of benzene rings is 1. The van der Waals surface area contributed by atoms with Gasteiger partial charge >= 0.3 is 0 Å². The van der Waals surface area contributed by atoms with E-state index >= 15 is 0 Å². The van der Waals surface area contributed by atoms with Gasteiger partial charge in [-0.3, -0.25) is 4.79 Å². The first-order chi connectivity index (χ1) is 9.69. The zero-order valence-corrected chi connectivity index (χ0v) is 12.1. The first-order valence-electron chi connectivity index (χ1n) is 6.51. The van der Waals surface area contributed by atoms with Crippen LogP contribution in [-0.2, 0) is 9.53 Å². The Labute approximate surface area is 124 Å². The molecule has 5 heteroatoms. The molecule has 0 radical (unpaired) electrons. The van der Waals surface area contributed by atoms with Gasteiger partial charge in [-0.25, -0.2) is 0 Å². The van der Waals surface area contributed by atoms with E-state index in [9.17, 15) is 4.79 Å². The summed E-state index contributed by atoms with van der Waals surface area (Å²) in [7, 11) is 0. The molecule has 0 aromatic heterocycles. The zero-order valence-electron chi connectivity index (χ0n) is 11.4. The Morgan fingerprint density at radius 1 is 1.50 bits per heavy atom. The number of amides is 1. The lowest BCUT2D eigenvalue weighted by atomic mass is 10.2. The molecule has 1 aromatic rings. The molecule has 1 atom stereocenters. The molecule has 1 unspecified atom stereocenters. The summed E-state index contributed by atoms with van der Waals surface area (Å²) in [4.78, 5) is 13.5. The molecule has 1 N–H and O–H groups in total. The summed E-state index contributed by atoms with van der Waals surface area (Å²) < 4.78 is 5.65. The highest BCUT2D eigenvalue weighted by Gasteiger charge is 2.20. The first-order valence-corrected chi connectivity index (χ1v) is 6.89. The lowest BCUT2D eigenvalue weighted by Gasteiger charge is -2.34. The summed E-state index contributed by atoms with van der Waals surface area (Å²) in [5, 5.41) is 3.47. The SMILES string of the molecule is CC#CC(=O)NCC1CN(c2ccc(Cl)cc2)CCO1. The van der Waals surface area contributed by atoms with Crippen LogP contribution in [0.5, 0.6) is 0 Å². The Bertz CT molecular complexity index is 519. The molecule has 20 heavy (non-hydrogen) atoms. The molecule has 1 saturated heterocycles. The van der Waals surface area contributed by atoms with E-state index in [-0.39, 0.29) is 12.0 Å². The molecule has 0 bridgehead atoms. The maximum Gasteiger partial charge on any atom is 0.295 e. The number of carbonyl (C=O) groups excluding carboxylic acids is 1.